The van der Waals surface area contributed by atoms with Crippen molar-refractivity contribution < 1.29 is 4.79 Å². The van der Waals surface area contributed by atoms with Gasteiger partial charge in [0.1, 0.15) is 0 Å². The zero-order valence-electron chi connectivity index (χ0n) is 15.0. The lowest BCUT2D eigenvalue weighted by Gasteiger charge is -2.37. The second-order valence-electron chi connectivity index (χ2n) is 8.29. The van der Waals surface area contributed by atoms with Crippen LogP contribution in [0.15, 0.2) is 0 Å². The minimum atomic E-state index is -0.0321. The number of hydrogen-bond donors (Lipinski definition) is 2. The fraction of sp³-hybridized carbons (Fsp3) is 0.944. The van der Waals surface area contributed by atoms with Gasteiger partial charge in [0.25, 0.3) is 0 Å². The van der Waals surface area contributed by atoms with Crippen LogP contribution in [0, 0.1) is 23.2 Å². The Bertz CT molecular complexity index is 312. The van der Waals surface area contributed by atoms with Crippen molar-refractivity contribution in [1.29, 1.82) is 0 Å². The van der Waals surface area contributed by atoms with Gasteiger partial charge in [-0.15, -0.1) is 0 Å². The Balaban J connectivity index is 2.39. The van der Waals surface area contributed by atoms with E-state index in [9.17, 15) is 4.79 Å². The third kappa shape index (κ3) is 6.37. The largest absolute Gasteiger partial charge is 0.358 e. The first kappa shape index (κ1) is 18.5. The van der Waals surface area contributed by atoms with E-state index in [1.807, 2.05) is 0 Å². The lowest BCUT2D eigenvalue weighted by Crippen LogP contribution is -2.45. The summed E-state index contributed by atoms with van der Waals surface area (Å²) in [5, 5.41) is 6.30. The van der Waals surface area contributed by atoms with Crippen molar-refractivity contribution in [2.24, 2.45) is 23.2 Å². The standard InChI is InChI=1S/C18H36N2O/c1-13(2)11-16(17(21)19-6)20-12-14-7-9-15(10-8-14)18(3,4)5/h13-16,20H,7-12H2,1-6H3,(H,19,21). The van der Waals surface area contributed by atoms with Crippen molar-refractivity contribution in [3.63, 3.8) is 0 Å². The van der Waals surface area contributed by atoms with Gasteiger partial charge in [0.15, 0.2) is 0 Å². The molecule has 21 heavy (non-hydrogen) atoms. The zero-order valence-corrected chi connectivity index (χ0v) is 15.0. The van der Waals surface area contributed by atoms with E-state index in [0.717, 1.165) is 24.8 Å². The molecule has 1 saturated carbocycles. The molecule has 1 amide bonds. The lowest BCUT2D eigenvalue weighted by molar-refractivity contribution is -0.123. The van der Waals surface area contributed by atoms with E-state index >= 15 is 0 Å². The highest BCUT2D eigenvalue weighted by atomic mass is 16.2. The van der Waals surface area contributed by atoms with Crippen LogP contribution in [0.4, 0.5) is 0 Å². The van der Waals surface area contributed by atoms with E-state index in [2.05, 4.69) is 45.3 Å². The zero-order chi connectivity index (χ0) is 16.0. The normalized spacial score (nSPS) is 24.9. The third-order valence-corrected chi connectivity index (χ3v) is 4.99. The van der Waals surface area contributed by atoms with Crippen LogP contribution in [0.25, 0.3) is 0 Å². The van der Waals surface area contributed by atoms with Crippen molar-refractivity contribution in [3.8, 4) is 0 Å². The molecule has 1 unspecified atom stereocenters. The smallest absolute Gasteiger partial charge is 0.236 e. The van der Waals surface area contributed by atoms with E-state index in [1.165, 1.54) is 25.7 Å². The minimum Gasteiger partial charge on any atom is -0.358 e. The van der Waals surface area contributed by atoms with Crippen LogP contribution in [-0.4, -0.2) is 25.5 Å². The molecule has 0 aliphatic heterocycles. The SMILES string of the molecule is CNC(=O)C(CC(C)C)NCC1CCC(C(C)(C)C)CC1. The van der Waals surface area contributed by atoms with Crippen molar-refractivity contribution in [2.75, 3.05) is 13.6 Å². The second kappa shape index (κ2) is 8.17. The average molecular weight is 296 g/mol. The summed E-state index contributed by atoms with van der Waals surface area (Å²) in [6, 6.07) is -0.0321. The van der Waals surface area contributed by atoms with E-state index in [1.54, 1.807) is 7.05 Å². The Morgan fingerprint density at radius 2 is 1.71 bits per heavy atom. The summed E-state index contributed by atoms with van der Waals surface area (Å²) in [6.07, 6.45) is 6.19. The molecule has 2 N–H and O–H groups in total. The summed E-state index contributed by atoms with van der Waals surface area (Å²) in [5.74, 6) is 2.27. The maximum Gasteiger partial charge on any atom is 0.236 e. The van der Waals surface area contributed by atoms with Crippen molar-refractivity contribution in [1.82, 2.24) is 10.6 Å². The van der Waals surface area contributed by atoms with E-state index < -0.39 is 0 Å². The summed E-state index contributed by atoms with van der Waals surface area (Å²) in [4.78, 5) is 11.9. The summed E-state index contributed by atoms with van der Waals surface area (Å²) in [5.41, 5.74) is 0.445. The van der Waals surface area contributed by atoms with Crippen LogP contribution in [0.2, 0.25) is 0 Å². The van der Waals surface area contributed by atoms with Gasteiger partial charge in [-0.05, 0) is 61.8 Å². The molecule has 3 nitrogen and oxygen atoms in total. The highest BCUT2D eigenvalue weighted by Gasteiger charge is 2.30. The van der Waals surface area contributed by atoms with Crippen LogP contribution in [-0.2, 0) is 4.79 Å². The molecule has 1 rings (SSSR count). The van der Waals surface area contributed by atoms with Gasteiger partial charge in [0, 0.05) is 7.05 Å². The van der Waals surface area contributed by atoms with Gasteiger partial charge in [0.2, 0.25) is 5.91 Å². The molecule has 0 heterocycles. The van der Waals surface area contributed by atoms with Gasteiger partial charge in [-0.2, -0.15) is 0 Å². The highest BCUT2D eigenvalue weighted by molar-refractivity contribution is 5.81. The van der Waals surface area contributed by atoms with E-state index in [4.69, 9.17) is 0 Å². The van der Waals surface area contributed by atoms with Crippen molar-refractivity contribution >= 4 is 5.91 Å². The average Bonchev–Trinajstić information content (AvgIpc) is 2.41. The predicted octanol–water partition coefficient (Wildman–Crippen LogP) is 3.59. The molecule has 1 fully saturated rings. The molecule has 0 radical (unpaired) electrons. The molecule has 1 aliphatic rings. The molecule has 124 valence electrons. The second-order valence-corrected chi connectivity index (χ2v) is 8.29. The number of hydrogen-bond acceptors (Lipinski definition) is 2. The Labute approximate surface area is 131 Å². The van der Waals surface area contributed by atoms with Gasteiger partial charge in [0.05, 0.1) is 6.04 Å². The van der Waals surface area contributed by atoms with E-state index in [0.29, 0.717) is 11.3 Å². The molecule has 0 aromatic carbocycles. The molecule has 1 aliphatic carbocycles. The van der Waals surface area contributed by atoms with Crippen LogP contribution in [0.3, 0.4) is 0 Å². The number of carbonyl (C=O) groups excluding carboxylic acids is 1. The molecule has 0 aromatic rings. The molecule has 0 bridgehead atoms. The topological polar surface area (TPSA) is 41.1 Å². The number of carbonyl (C=O) groups is 1. The third-order valence-electron chi connectivity index (χ3n) is 4.99. The monoisotopic (exact) mass is 296 g/mol. The molecule has 1 atom stereocenters. The highest BCUT2D eigenvalue weighted by Crippen LogP contribution is 2.39. The van der Waals surface area contributed by atoms with Crippen LogP contribution < -0.4 is 10.6 Å². The summed E-state index contributed by atoms with van der Waals surface area (Å²) in [7, 11) is 1.73. The summed E-state index contributed by atoms with van der Waals surface area (Å²) in [6.45, 7) is 12.4. The van der Waals surface area contributed by atoms with Gasteiger partial charge < -0.3 is 10.6 Å². The Kier molecular flexibility index (Phi) is 7.19. The number of nitrogens with one attached hydrogen (secondary N) is 2. The number of rotatable bonds is 6. The lowest BCUT2D eigenvalue weighted by atomic mass is 9.70. The fourth-order valence-corrected chi connectivity index (χ4v) is 3.47. The molecular weight excluding hydrogens is 260 g/mol. The molecule has 0 saturated heterocycles. The van der Waals surface area contributed by atoms with Crippen LogP contribution in [0.5, 0.6) is 0 Å². The van der Waals surface area contributed by atoms with Gasteiger partial charge in [-0.1, -0.05) is 34.6 Å². The quantitative estimate of drug-likeness (QED) is 0.786. The van der Waals surface area contributed by atoms with Crippen LogP contribution in [0.1, 0.15) is 66.7 Å². The first-order valence-electron chi connectivity index (χ1n) is 8.69. The Hall–Kier alpha value is -0.570. The van der Waals surface area contributed by atoms with Gasteiger partial charge in [-0.25, -0.2) is 0 Å². The predicted molar refractivity (Wildman–Crippen MR) is 90.2 cm³/mol. The maximum absolute atomic E-state index is 11.9. The molecule has 0 spiro atoms. The first-order chi connectivity index (χ1) is 9.74. The summed E-state index contributed by atoms with van der Waals surface area (Å²) < 4.78 is 0. The van der Waals surface area contributed by atoms with Gasteiger partial charge in [-0.3, -0.25) is 4.79 Å². The fourth-order valence-electron chi connectivity index (χ4n) is 3.47. The molecular formula is C18H36N2O. The first-order valence-corrected chi connectivity index (χ1v) is 8.69. The minimum absolute atomic E-state index is 0.0321. The number of amides is 1. The number of likely N-dealkylation sites (N-methyl/N-ethyl adjacent to an activating group) is 1. The van der Waals surface area contributed by atoms with Crippen molar-refractivity contribution in [2.45, 2.75) is 72.8 Å². The molecule has 0 aromatic heterocycles. The van der Waals surface area contributed by atoms with E-state index in [-0.39, 0.29) is 11.9 Å². The maximum atomic E-state index is 11.9. The van der Waals surface area contributed by atoms with Gasteiger partial charge >= 0.3 is 0 Å². The van der Waals surface area contributed by atoms with Crippen molar-refractivity contribution in [3.05, 3.63) is 0 Å². The Morgan fingerprint density at radius 1 is 1.14 bits per heavy atom. The molecule has 3 heteroatoms. The summed E-state index contributed by atoms with van der Waals surface area (Å²) >= 11 is 0. The van der Waals surface area contributed by atoms with Crippen LogP contribution >= 0.6 is 0 Å². The Morgan fingerprint density at radius 3 is 2.14 bits per heavy atom.